The van der Waals surface area contributed by atoms with E-state index in [0.717, 1.165) is 29.4 Å². The Morgan fingerprint density at radius 1 is 1.38 bits per heavy atom. The molecule has 0 amide bonds. The van der Waals surface area contributed by atoms with E-state index in [0.29, 0.717) is 19.8 Å². The van der Waals surface area contributed by atoms with Crippen LogP contribution in [0.25, 0.3) is 5.69 Å². The SMILES string of the molecule is COc1cccc(-n2nc(C)c([C@H]3COCCN3CCO)c2C)c1. The minimum Gasteiger partial charge on any atom is -0.497 e. The molecule has 2 heterocycles. The van der Waals surface area contributed by atoms with Gasteiger partial charge in [-0.25, -0.2) is 4.68 Å². The van der Waals surface area contributed by atoms with Gasteiger partial charge in [-0.15, -0.1) is 0 Å². The molecule has 1 atom stereocenters. The summed E-state index contributed by atoms with van der Waals surface area (Å²) in [5, 5.41) is 14.1. The second-order valence-corrected chi connectivity index (χ2v) is 6.05. The van der Waals surface area contributed by atoms with Crippen molar-refractivity contribution in [2.24, 2.45) is 0 Å². The number of nitrogens with zero attached hydrogens (tertiary/aromatic N) is 3. The summed E-state index contributed by atoms with van der Waals surface area (Å²) >= 11 is 0. The van der Waals surface area contributed by atoms with Gasteiger partial charge >= 0.3 is 0 Å². The van der Waals surface area contributed by atoms with E-state index in [9.17, 15) is 5.11 Å². The summed E-state index contributed by atoms with van der Waals surface area (Å²) in [7, 11) is 1.66. The highest BCUT2D eigenvalue weighted by Gasteiger charge is 2.29. The highest BCUT2D eigenvalue weighted by Crippen LogP contribution is 2.31. The van der Waals surface area contributed by atoms with Crippen LogP contribution in [0.1, 0.15) is 23.0 Å². The van der Waals surface area contributed by atoms with Crippen molar-refractivity contribution in [2.45, 2.75) is 19.9 Å². The summed E-state index contributed by atoms with van der Waals surface area (Å²) in [5.74, 6) is 0.810. The number of ether oxygens (including phenoxy) is 2. The molecule has 0 bridgehead atoms. The van der Waals surface area contributed by atoms with E-state index in [4.69, 9.17) is 14.6 Å². The average molecular weight is 331 g/mol. The second kappa shape index (κ2) is 7.34. The number of methoxy groups -OCH3 is 1. The van der Waals surface area contributed by atoms with Gasteiger partial charge in [0, 0.05) is 30.4 Å². The van der Waals surface area contributed by atoms with E-state index in [-0.39, 0.29) is 12.6 Å². The average Bonchev–Trinajstić information content (AvgIpc) is 2.90. The van der Waals surface area contributed by atoms with Gasteiger partial charge in [0.15, 0.2) is 0 Å². The van der Waals surface area contributed by atoms with Crippen molar-refractivity contribution in [1.29, 1.82) is 0 Å². The Bertz CT molecular complexity index is 697. The minimum absolute atomic E-state index is 0.130. The predicted molar refractivity (Wildman–Crippen MR) is 91.8 cm³/mol. The van der Waals surface area contributed by atoms with Crippen molar-refractivity contribution in [2.75, 3.05) is 40.0 Å². The van der Waals surface area contributed by atoms with Crippen LogP contribution in [0, 0.1) is 13.8 Å². The molecule has 130 valence electrons. The number of rotatable bonds is 5. The molecular weight excluding hydrogens is 306 g/mol. The first-order valence-corrected chi connectivity index (χ1v) is 8.29. The maximum Gasteiger partial charge on any atom is 0.121 e. The lowest BCUT2D eigenvalue weighted by Gasteiger charge is -2.35. The molecule has 1 aromatic heterocycles. The van der Waals surface area contributed by atoms with E-state index in [1.807, 2.05) is 35.9 Å². The molecule has 3 rings (SSSR count). The number of aryl methyl sites for hydroxylation is 1. The molecule has 0 radical (unpaired) electrons. The number of β-amino-alcohol motifs (C(OH)–C–C–N with tert-alkyl or cyclic N) is 1. The standard InChI is InChI=1S/C18H25N3O3/c1-13-18(17-12-24-10-8-20(17)7-9-22)14(2)21(19-13)15-5-4-6-16(11-15)23-3/h4-6,11,17,22H,7-10,12H2,1-3H3/t17-/m1/s1. The van der Waals surface area contributed by atoms with Gasteiger partial charge in [-0.3, -0.25) is 4.90 Å². The molecule has 1 aliphatic heterocycles. The number of aliphatic hydroxyl groups excluding tert-OH is 1. The van der Waals surface area contributed by atoms with Crippen LogP contribution in [0.3, 0.4) is 0 Å². The predicted octanol–water partition coefficient (Wildman–Crippen LogP) is 1.86. The number of aromatic nitrogens is 2. The highest BCUT2D eigenvalue weighted by atomic mass is 16.5. The fraction of sp³-hybridized carbons (Fsp3) is 0.500. The lowest BCUT2D eigenvalue weighted by molar-refractivity contribution is -0.0150. The summed E-state index contributed by atoms with van der Waals surface area (Å²) in [6.45, 7) is 7.08. The van der Waals surface area contributed by atoms with Crippen LogP contribution in [0.5, 0.6) is 5.75 Å². The summed E-state index contributed by atoms with van der Waals surface area (Å²) in [4.78, 5) is 2.27. The first-order valence-electron chi connectivity index (χ1n) is 8.29. The van der Waals surface area contributed by atoms with Crippen molar-refractivity contribution in [1.82, 2.24) is 14.7 Å². The third-order valence-corrected chi connectivity index (χ3v) is 4.60. The molecule has 1 N–H and O–H groups in total. The minimum atomic E-state index is 0.130. The van der Waals surface area contributed by atoms with Crippen LogP contribution < -0.4 is 4.74 Å². The summed E-state index contributed by atoms with van der Waals surface area (Å²) in [5.41, 5.74) is 4.26. The number of aliphatic hydroxyl groups is 1. The van der Waals surface area contributed by atoms with Crippen molar-refractivity contribution >= 4 is 0 Å². The van der Waals surface area contributed by atoms with Gasteiger partial charge in [0.25, 0.3) is 0 Å². The lowest BCUT2D eigenvalue weighted by Crippen LogP contribution is -2.41. The lowest BCUT2D eigenvalue weighted by atomic mass is 10.0. The molecule has 6 heteroatoms. The maximum absolute atomic E-state index is 9.35. The zero-order chi connectivity index (χ0) is 17.1. The Labute approximate surface area is 142 Å². The molecule has 6 nitrogen and oxygen atoms in total. The van der Waals surface area contributed by atoms with Gasteiger partial charge in [-0.1, -0.05) is 6.07 Å². The molecule has 1 aliphatic rings. The van der Waals surface area contributed by atoms with Crippen LogP contribution in [0.4, 0.5) is 0 Å². The summed E-state index contributed by atoms with van der Waals surface area (Å²) in [6.07, 6.45) is 0. The van der Waals surface area contributed by atoms with Crippen LogP contribution >= 0.6 is 0 Å². The van der Waals surface area contributed by atoms with Crippen LogP contribution in [0.2, 0.25) is 0 Å². The third kappa shape index (κ3) is 3.17. The molecule has 0 saturated carbocycles. The smallest absolute Gasteiger partial charge is 0.121 e. The molecule has 24 heavy (non-hydrogen) atoms. The molecule has 2 aromatic rings. The Balaban J connectivity index is 1.99. The third-order valence-electron chi connectivity index (χ3n) is 4.60. The first-order chi connectivity index (χ1) is 11.7. The fourth-order valence-corrected chi connectivity index (χ4v) is 3.43. The monoisotopic (exact) mass is 331 g/mol. The summed E-state index contributed by atoms with van der Waals surface area (Å²) in [6, 6.07) is 8.02. The highest BCUT2D eigenvalue weighted by molar-refractivity contribution is 5.42. The number of morpholine rings is 1. The fourth-order valence-electron chi connectivity index (χ4n) is 3.43. The second-order valence-electron chi connectivity index (χ2n) is 6.05. The van der Waals surface area contributed by atoms with Gasteiger partial charge in [0.2, 0.25) is 0 Å². The number of benzene rings is 1. The zero-order valence-electron chi connectivity index (χ0n) is 14.5. The van der Waals surface area contributed by atoms with Crippen molar-refractivity contribution < 1.29 is 14.6 Å². The Hall–Kier alpha value is -1.89. The molecule has 1 aromatic carbocycles. The molecular formula is C18H25N3O3. The van der Waals surface area contributed by atoms with E-state index in [1.165, 1.54) is 5.56 Å². The molecule has 1 fully saturated rings. The quantitative estimate of drug-likeness (QED) is 0.906. The molecule has 0 spiro atoms. The Kier molecular flexibility index (Phi) is 5.18. The largest absolute Gasteiger partial charge is 0.497 e. The number of hydrogen-bond acceptors (Lipinski definition) is 5. The van der Waals surface area contributed by atoms with E-state index >= 15 is 0 Å². The van der Waals surface area contributed by atoms with Gasteiger partial charge in [0.1, 0.15) is 5.75 Å². The first kappa shape index (κ1) is 17.0. The van der Waals surface area contributed by atoms with Crippen molar-refractivity contribution in [3.63, 3.8) is 0 Å². The molecule has 1 saturated heterocycles. The van der Waals surface area contributed by atoms with Crippen molar-refractivity contribution in [3.05, 3.63) is 41.2 Å². The van der Waals surface area contributed by atoms with Gasteiger partial charge in [0.05, 0.1) is 44.4 Å². The van der Waals surface area contributed by atoms with Gasteiger partial charge in [-0.05, 0) is 26.0 Å². The van der Waals surface area contributed by atoms with E-state index in [1.54, 1.807) is 7.11 Å². The van der Waals surface area contributed by atoms with Crippen molar-refractivity contribution in [3.8, 4) is 11.4 Å². The molecule has 0 unspecified atom stereocenters. The maximum atomic E-state index is 9.35. The van der Waals surface area contributed by atoms with Gasteiger partial charge in [-0.2, -0.15) is 5.10 Å². The van der Waals surface area contributed by atoms with Crippen LogP contribution in [0.15, 0.2) is 24.3 Å². The zero-order valence-corrected chi connectivity index (χ0v) is 14.5. The van der Waals surface area contributed by atoms with Crippen LogP contribution in [-0.2, 0) is 4.74 Å². The van der Waals surface area contributed by atoms with E-state index in [2.05, 4.69) is 11.8 Å². The number of hydrogen-bond donors (Lipinski definition) is 1. The topological polar surface area (TPSA) is 59.8 Å². The normalized spacial score (nSPS) is 18.8. The summed E-state index contributed by atoms with van der Waals surface area (Å²) < 4.78 is 13.0. The molecule has 0 aliphatic carbocycles. The Morgan fingerprint density at radius 3 is 2.96 bits per heavy atom. The Morgan fingerprint density at radius 2 is 2.21 bits per heavy atom. The van der Waals surface area contributed by atoms with E-state index < -0.39 is 0 Å². The van der Waals surface area contributed by atoms with Gasteiger partial charge < -0.3 is 14.6 Å². The van der Waals surface area contributed by atoms with Crippen LogP contribution in [-0.4, -0.2) is 59.8 Å².